The lowest BCUT2D eigenvalue weighted by Crippen LogP contribution is -2.30. The Bertz CT molecular complexity index is 1170. The molecule has 2 aliphatic rings. The summed E-state index contributed by atoms with van der Waals surface area (Å²) in [4.78, 5) is 24.1. The first-order valence-corrected chi connectivity index (χ1v) is 12.6. The molecule has 0 saturated carbocycles. The number of carbonyl (C=O) groups is 1. The molecule has 1 atom stereocenters. The van der Waals surface area contributed by atoms with Crippen LogP contribution in [0.3, 0.4) is 0 Å². The molecular formula is C28H34N4O3. The summed E-state index contributed by atoms with van der Waals surface area (Å²) < 4.78 is 11.3. The fraction of sp³-hybridized carbons (Fsp3) is 0.464. The number of nitrogens with zero attached hydrogens (tertiary/aromatic N) is 3. The first kappa shape index (κ1) is 23.7. The number of anilines is 1. The van der Waals surface area contributed by atoms with Crippen LogP contribution >= 0.6 is 0 Å². The van der Waals surface area contributed by atoms with Crippen LogP contribution < -0.4 is 15.0 Å². The fourth-order valence-corrected chi connectivity index (χ4v) is 5.33. The highest BCUT2D eigenvalue weighted by Crippen LogP contribution is 2.39. The molecule has 1 aromatic carbocycles. The molecule has 35 heavy (non-hydrogen) atoms. The Labute approximate surface area is 206 Å². The molecule has 1 unspecified atom stereocenters. The third-order valence-electron chi connectivity index (χ3n) is 7.42. The summed E-state index contributed by atoms with van der Waals surface area (Å²) in [5.41, 5.74) is 5.23. The summed E-state index contributed by atoms with van der Waals surface area (Å²) >= 11 is 0. The number of hydrogen-bond donors (Lipinski definition) is 1. The van der Waals surface area contributed by atoms with Gasteiger partial charge in [-0.25, -0.2) is 4.98 Å². The number of pyridine rings is 2. The average molecular weight is 475 g/mol. The van der Waals surface area contributed by atoms with Gasteiger partial charge in [-0.05, 0) is 80.4 Å². The lowest BCUT2D eigenvalue weighted by atomic mass is 9.80. The van der Waals surface area contributed by atoms with Gasteiger partial charge >= 0.3 is 0 Å². The van der Waals surface area contributed by atoms with Gasteiger partial charge in [-0.1, -0.05) is 6.07 Å². The number of fused-ring (bicyclic) bond motifs is 3. The van der Waals surface area contributed by atoms with E-state index in [0.717, 1.165) is 73.2 Å². The predicted octanol–water partition coefficient (Wildman–Crippen LogP) is 4.24. The van der Waals surface area contributed by atoms with Crippen LogP contribution in [-0.4, -0.2) is 56.3 Å². The van der Waals surface area contributed by atoms with Crippen molar-refractivity contribution in [2.75, 3.05) is 45.4 Å². The van der Waals surface area contributed by atoms with E-state index in [9.17, 15) is 4.79 Å². The molecule has 0 bridgehead atoms. The number of amides is 1. The summed E-state index contributed by atoms with van der Waals surface area (Å²) in [6, 6.07) is 10.3. The van der Waals surface area contributed by atoms with Crippen molar-refractivity contribution in [1.29, 1.82) is 0 Å². The number of hydrogen-bond acceptors (Lipinski definition) is 6. The molecule has 2 aromatic heterocycles. The van der Waals surface area contributed by atoms with Gasteiger partial charge in [-0.15, -0.1) is 0 Å². The highest BCUT2D eigenvalue weighted by Gasteiger charge is 2.32. The van der Waals surface area contributed by atoms with E-state index in [1.54, 1.807) is 4.90 Å². The van der Waals surface area contributed by atoms with E-state index in [0.29, 0.717) is 30.7 Å². The minimum atomic E-state index is 0.173. The summed E-state index contributed by atoms with van der Waals surface area (Å²) in [6.45, 7) is 3.15. The second kappa shape index (κ2) is 10.7. The van der Waals surface area contributed by atoms with Crippen LogP contribution in [0.25, 0.3) is 22.0 Å². The predicted molar refractivity (Wildman–Crippen MR) is 138 cm³/mol. The van der Waals surface area contributed by atoms with E-state index in [2.05, 4.69) is 34.6 Å². The zero-order valence-corrected chi connectivity index (χ0v) is 20.6. The Hall–Kier alpha value is -3.03. The molecule has 1 amide bonds. The van der Waals surface area contributed by atoms with E-state index in [-0.39, 0.29) is 5.91 Å². The number of carbonyl (C=O) groups excluding carboxylic acids is 1. The normalized spacial score (nSPS) is 19.0. The van der Waals surface area contributed by atoms with Crippen LogP contribution in [0.1, 0.15) is 31.2 Å². The highest BCUT2D eigenvalue weighted by atomic mass is 16.5. The number of aromatic nitrogens is 2. The first-order chi connectivity index (χ1) is 17.1. The zero-order chi connectivity index (χ0) is 24.2. The van der Waals surface area contributed by atoms with E-state index in [4.69, 9.17) is 14.5 Å². The van der Waals surface area contributed by atoms with Crippen LogP contribution in [0.15, 0.2) is 42.7 Å². The zero-order valence-electron chi connectivity index (χ0n) is 20.6. The Morgan fingerprint density at radius 2 is 1.89 bits per heavy atom. The van der Waals surface area contributed by atoms with E-state index in [1.807, 2.05) is 32.6 Å². The SMILES string of the molecule is CNCCCOc1ccc(-c2ccc3ncc4c(c3c2)CC(C2CCOCC2)CC(=O)N4C)cn1. The monoisotopic (exact) mass is 474 g/mol. The van der Waals surface area contributed by atoms with Crippen molar-refractivity contribution in [2.24, 2.45) is 11.8 Å². The lowest BCUT2D eigenvalue weighted by molar-refractivity contribution is -0.119. The largest absolute Gasteiger partial charge is 0.478 e. The molecule has 1 N–H and O–H groups in total. The van der Waals surface area contributed by atoms with Crippen LogP contribution in [0.4, 0.5) is 5.69 Å². The minimum Gasteiger partial charge on any atom is -0.478 e. The smallest absolute Gasteiger partial charge is 0.227 e. The third kappa shape index (κ3) is 5.16. The van der Waals surface area contributed by atoms with Gasteiger partial charge in [0.15, 0.2) is 0 Å². The second-order valence-electron chi connectivity index (χ2n) is 9.62. The summed E-state index contributed by atoms with van der Waals surface area (Å²) in [6.07, 6.45) is 8.19. The molecule has 0 radical (unpaired) electrons. The van der Waals surface area contributed by atoms with Crippen molar-refractivity contribution < 1.29 is 14.3 Å². The van der Waals surface area contributed by atoms with Crippen LogP contribution in [0, 0.1) is 11.8 Å². The van der Waals surface area contributed by atoms with E-state index >= 15 is 0 Å². The standard InChI is InChI=1S/C28H34N4O3/c1-29-10-3-11-35-27-7-5-21(17-31-27)20-4-6-25-23(14-20)24-15-22(19-8-12-34-13-9-19)16-28(33)32(2)26(24)18-30-25/h4-7,14,17-19,22,29H,3,8-13,15-16H2,1-2H3. The van der Waals surface area contributed by atoms with Gasteiger partial charge < -0.3 is 19.7 Å². The quantitative estimate of drug-likeness (QED) is 0.517. The summed E-state index contributed by atoms with van der Waals surface area (Å²) in [7, 11) is 3.82. The van der Waals surface area contributed by atoms with E-state index < -0.39 is 0 Å². The van der Waals surface area contributed by atoms with Gasteiger partial charge in [0, 0.05) is 49.9 Å². The third-order valence-corrected chi connectivity index (χ3v) is 7.42. The molecule has 1 saturated heterocycles. The van der Waals surface area contributed by atoms with Crippen molar-refractivity contribution in [3.63, 3.8) is 0 Å². The van der Waals surface area contributed by atoms with Crippen LogP contribution in [-0.2, 0) is 16.0 Å². The molecule has 3 aromatic rings. The fourth-order valence-electron chi connectivity index (χ4n) is 5.33. The molecule has 5 rings (SSSR count). The molecule has 7 heteroatoms. The van der Waals surface area contributed by atoms with Gasteiger partial charge in [0.1, 0.15) is 0 Å². The van der Waals surface area contributed by atoms with Gasteiger partial charge in [-0.2, -0.15) is 0 Å². The molecule has 184 valence electrons. The molecule has 0 aliphatic carbocycles. The maximum Gasteiger partial charge on any atom is 0.227 e. The molecule has 4 heterocycles. The van der Waals surface area contributed by atoms with Crippen molar-refractivity contribution in [2.45, 2.75) is 32.1 Å². The number of benzene rings is 1. The van der Waals surface area contributed by atoms with Gasteiger partial charge in [0.2, 0.25) is 11.8 Å². The first-order valence-electron chi connectivity index (χ1n) is 12.6. The highest BCUT2D eigenvalue weighted by molar-refractivity contribution is 5.99. The number of rotatable bonds is 7. The Kier molecular flexibility index (Phi) is 7.25. The van der Waals surface area contributed by atoms with Crippen LogP contribution in [0.2, 0.25) is 0 Å². The number of ether oxygens (including phenoxy) is 2. The van der Waals surface area contributed by atoms with Gasteiger partial charge in [-0.3, -0.25) is 9.78 Å². The molecule has 1 fully saturated rings. The van der Waals surface area contributed by atoms with Crippen molar-refractivity contribution in [3.05, 3.63) is 48.3 Å². The van der Waals surface area contributed by atoms with E-state index in [1.165, 1.54) is 5.56 Å². The van der Waals surface area contributed by atoms with Crippen molar-refractivity contribution in [3.8, 4) is 17.0 Å². The van der Waals surface area contributed by atoms with Gasteiger partial charge in [0.25, 0.3) is 0 Å². The summed E-state index contributed by atoms with van der Waals surface area (Å²) in [5.74, 6) is 1.65. The maximum atomic E-state index is 13.0. The Balaban J connectivity index is 1.46. The van der Waals surface area contributed by atoms with Crippen LogP contribution in [0.5, 0.6) is 5.88 Å². The molecule has 7 nitrogen and oxygen atoms in total. The Morgan fingerprint density at radius 1 is 1.06 bits per heavy atom. The summed E-state index contributed by atoms with van der Waals surface area (Å²) in [5, 5.41) is 4.23. The molecule has 2 aliphatic heterocycles. The lowest BCUT2D eigenvalue weighted by Gasteiger charge is -2.29. The Morgan fingerprint density at radius 3 is 2.66 bits per heavy atom. The topological polar surface area (TPSA) is 76.6 Å². The minimum absolute atomic E-state index is 0.173. The second-order valence-corrected chi connectivity index (χ2v) is 9.62. The molecule has 0 spiro atoms. The number of nitrogens with one attached hydrogen (secondary N) is 1. The average Bonchev–Trinajstić information content (AvgIpc) is 3.03. The van der Waals surface area contributed by atoms with Crippen molar-refractivity contribution >= 4 is 22.5 Å². The van der Waals surface area contributed by atoms with Gasteiger partial charge in [0.05, 0.1) is 24.0 Å². The van der Waals surface area contributed by atoms with Crippen molar-refractivity contribution in [1.82, 2.24) is 15.3 Å². The maximum absolute atomic E-state index is 13.0. The molecular weight excluding hydrogens is 440 g/mol.